The molecule has 1 heterocycles. The predicted octanol–water partition coefficient (Wildman–Crippen LogP) is 3.65. The lowest BCUT2D eigenvalue weighted by Gasteiger charge is -2.30. The van der Waals surface area contributed by atoms with Gasteiger partial charge in [-0.1, -0.05) is 50.1 Å². The number of fused-ring (bicyclic) bond motifs is 1. The summed E-state index contributed by atoms with van der Waals surface area (Å²) in [6.45, 7) is 3.48. The Labute approximate surface area is 195 Å². The molecule has 8 heteroatoms. The smallest absolute Gasteiger partial charge is 0.238 e. The third-order valence-corrected chi connectivity index (χ3v) is 7.63. The van der Waals surface area contributed by atoms with Gasteiger partial charge in [0.15, 0.2) is 0 Å². The number of carbonyl (C=O) groups excluding carboxylic acids is 1. The number of benzene rings is 2. The first-order chi connectivity index (χ1) is 15.8. The standard InChI is InChI=1S/C25H32N4O3S/c1-2-16-29-22-11-10-20(33(26,31)32)17-21(22)28-23(29)12-13-24(30)27-18-25(14-6-7-15-25)19-8-4-3-5-9-19/h3-5,8-11,17H,2,6-7,12-16,18H2,1H3,(H,27,30)(H2,26,31,32). The first kappa shape index (κ1) is 23.4. The molecule has 3 N–H and O–H groups in total. The molecule has 0 unspecified atom stereocenters. The monoisotopic (exact) mass is 468 g/mol. The molecule has 7 nitrogen and oxygen atoms in total. The molecule has 2 aromatic carbocycles. The molecule has 3 aromatic rings. The van der Waals surface area contributed by atoms with Gasteiger partial charge in [-0.15, -0.1) is 0 Å². The third kappa shape index (κ3) is 5.12. The molecule has 1 aliphatic carbocycles. The van der Waals surface area contributed by atoms with Crippen LogP contribution in [0.1, 0.15) is 56.8 Å². The Bertz CT molecular complexity index is 1230. The molecule has 176 valence electrons. The van der Waals surface area contributed by atoms with Crippen molar-refractivity contribution in [2.45, 2.75) is 68.7 Å². The highest BCUT2D eigenvalue weighted by Gasteiger charge is 2.35. The van der Waals surface area contributed by atoms with E-state index in [1.54, 1.807) is 6.07 Å². The molecule has 0 aliphatic heterocycles. The molecule has 0 saturated heterocycles. The van der Waals surface area contributed by atoms with E-state index in [1.165, 1.54) is 30.5 Å². The number of hydrogen-bond acceptors (Lipinski definition) is 4. The van der Waals surface area contributed by atoms with Gasteiger partial charge in [0.2, 0.25) is 15.9 Å². The fourth-order valence-electron chi connectivity index (χ4n) is 4.99. The lowest BCUT2D eigenvalue weighted by Crippen LogP contribution is -2.39. The van der Waals surface area contributed by atoms with Crippen molar-refractivity contribution in [2.75, 3.05) is 6.54 Å². The highest BCUT2D eigenvalue weighted by molar-refractivity contribution is 7.89. The number of primary sulfonamides is 1. The Morgan fingerprint density at radius 1 is 1.15 bits per heavy atom. The number of imidazole rings is 1. The molecule has 1 saturated carbocycles. The first-order valence-corrected chi connectivity index (χ1v) is 13.2. The van der Waals surface area contributed by atoms with E-state index in [2.05, 4.69) is 46.1 Å². The van der Waals surface area contributed by atoms with Crippen molar-refractivity contribution in [3.63, 3.8) is 0 Å². The molecule has 0 bridgehead atoms. The minimum Gasteiger partial charge on any atom is -0.355 e. The third-order valence-electron chi connectivity index (χ3n) is 6.72. The van der Waals surface area contributed by atoms with Crippen molar-refractivity contribution in [1.29, 1.82) is 0 Å². The van der Waals surface area contributed by atoms with E-state index in [0.717, 1.165) is 37.1 Å². The Balaban J connectivity index is 1.46. The van der Waals surface area contributed by atoms with Crippen LogP contribution in [0.3, 0.4) is 0 Å². The fraction of sp³-hybridized carbons (Fsp3) is 0.440. The first-order valence-electron chi connectivity index (χ1n) is 11.7. The molecular weight excluding hydrogens is 436 g/mol. The van der Waals surface area contributed by atoms with Crippen LogP contribution in [-0.4, -0.2) is 30.4 Å². The van der Waals surface area contributed by atoms with Crippen LogP contribution in [0.25, 0.3) is 11.0 Å². The second-order valence-electron chi connectivity index (χ2n) is 9.01. The molecule has 0 radical (unpaired) electrons. The Morgan fingerprint density at radius 2 is 1.88 bits per heavy atom. The maximum absolute atomic E-state index is 12.8. The molecule has 0 atom stereocenters. The SMILES string of the molecule is CCCn1c(CCC(=O)NCC2(c3ccccc3)CCCC2)nc2cc(S(N)(=O)=O)ccc21. The Morgan fingerprint density at radius 3 is 2.55 bits per heavy atom. The molecule has 1 amide bonds. The highest BCUT2D eigenvalue weighted by atomic mass is 32.2. The number of nitrogens with one attached hydrogen (secondary N) is 1. The van der Waals surface area contributed by atoms with Crippen molar-refractivity contribution in [2.24, 2.45) is 5.14 Å². The molecule has 33 heavy (non-hydrogen) atoms. The van der Waals surface area contributed by atoms with E-state index in [4.69, 9.17) is 5.14 Å². The van der Waals surface area contributed by atoms with Crippen LogP contribution in [0.5, 0.6) is 0 Å². The minimum absolute atomic E-state index is 0.0116. The lowest BCUT2D eigenvalue weighted by atomic mass is 9.79. The summed E-state index contributed by atoms with van der Waals surface area (Å²) in [5.41, 5.74) is 2.77. The summed E-state index contributed by atoms with van der Waals surface area (Å²) in [6, 6.07) is 15.2. The van der Waals surface area contributed by atoms with Crippen LogP contribution < -0.4 is 10.5 Å². The van der Waals surface area contributed by atoms with Crippen LogP contribution in [0, 0.1) is 0 Å². The van der Waals surface area contributed by atoms with Crippen molar-refractivity contribution in [3.8, 4) is 0 Å². The number of rotatable bonds is 9. The van der Waals surface area contributed by atoms with Gasteiger partial charge < -0.3 is 9.88 Å². The molecular formula is C25H32N4O3S. The summed E-state index contributed by atoms with van der Waals surface area (Å²) in [5, 5.41) is 8.45. The summed E-state index contributed by atoms with van der Waals surface area (Å²) >= 11 is 0. The number of hydrogen-bond donors (Lipinski definition) is 2. The summed E-state index contributed by atoms with van der Waals surface area (Å²) in [6.07, 6.45) is 6.29. The van der Waals surface area contributed by atoms with Crippen molar-refractivity contribution >= 4 is 27.0 Å². The molecule has 1 aromatic heterocycles. The highest BCUT2D eigenvalue weighted by Crippen LogP contribution is 2.40. The van der Waals surface area contributed by atoms with Gasteiger partial charge in [0, 0.05) is 31.3 Å². The molecule has 4 rings (SSSR count). The zero-order valence-corrected chi connectivity index (χ0v) is 19.9. The summed E-state index contributed by atoms with van der Waals surface area (Å²) in [4.78, 5) is 17.5. The van der Waals surface area contributed by atoms with Crippen molar-refractivity contribution < 1.29 is 13.2 Å². The number of aryl methyl sites for hydroxylation is 2. The van der Waals surface area contributed by atoms with E-state index in [-0.39, 0.29) is 16.2 Å². The minimum atomic E-state index is -3.79. The van der Waals surface area contributed by atoms with Gasteiger partial charge in [-0.25, -0.2) is 18.5 Å². The van der Waals surface area contributed by atoms with Crippen LogP contribution in [0.2, 0.25) is 0 Å². The number of nitrogens with two attached hydrogens (primary N) is 1. The number of nitrogens with zero attached hydrogens (tertiary/aromatic N) is 2. The zero-order valence-electron chi connectivity index (χ0n) is 19.1. The van der Waals surface area contributed by atoms with Gasteiger partial charge in [-0.3, -0.25) is 4.79 Å². The van der Waals surface area contributed by atoms with Gasteiger partial charge in [-0.2, -0.15) is 0 Å². The lowest BCUT2D eigenvalue weighted by molar-refractivity contribution is -0.121. The largest absolute Gasteiger partial charge is 0.355 e. The van der Waals surface area contributed by atoms with Crippen LogP contribution in [-0.2, 0) is 33.2 Å². The number of amides is 1. The number of carbonyl (C=O) groups is 1. The maximum atomic E-state index is 12.8. The van der Waals surface area contributed by atoms with E-state index < -0.39 is 10.0 Å². The predicted molar refractivity (Wildman–Crippen MR) is 129 cm³/mol. The van der Waals surface area contributed by atoms with E-state index in [1.807, 2.05) is 6.07 Å². The van der Waals surface area contributed by atoms with Gasteiger partial charge in [-0.05, 0) is 43.0 Å². The average molecular weight is 469 g/mol. The fourth-order valence-corrected chi connectivity index (χ4v) is 5.53. The Hall–Kier alpha value is -2.71. The van der Waals surface area contributed by atoms with E-state index in [9.17, 15) is 13.2 Å². The van der Waals surface area contributed by atoms with Crippen molar-refractivity contribution in [1.82, 2.24) is 14.9 Å². The molecule has 0 spiro atoms. The summed E-state index contributed by atoms with van der Waals surface area (Å²) in [5.74, 6) is 0.796. The second-order valence-corrected chi connectivity index (χ2v) is 10.6. The topological polar surface area (TPSA) is 107 Å². The van der Waals surface area contributed by atoms with Crippen molar-refractivity contribution in [3.05, 3.63) is 59.9 Å². The molecule has 1 fully saturated rings. The maximum Gasteiger partial charge on any atom is 0.238 e. The van der Waals surface area contributed by atoms with Gasteiger partial charge >= 0.3 is 0 Å². The normalized spacial score (nSPS) is 15.7. The van der Waals surface area contributed by atoms with Gasteiger partial charge in [0.05, 0.1) is 15.9 Å². The average Bonchev–Trinajstić information content (AvgIpc) is 3.42. The van der Waals surface area contributed by atoms with Gasteiger partial charge in [0.1, 0.15) is 5.82 Å². The number of aromatic nitrogens is 2. The quantitative estimate of drug-likeness (QED) is 0.500. The Kier molecular flexibility index (Phi) is 6.86. The second kappa shape index (κ2) is 9.65. The van der Waals surface area contributed by atoms with E-state index >= 15 is 0 Å². The molecule has 1 aliphatic rings. The summed E-state index contributed by atoms with van der Waals surface area (Å²) < 4.78 is 25.5. The van der Waals surface area contributed by atoms with E-state index in [0.29, 0.717) is 24.9 Å². The number of sulfonamides is 1. The van der Waals surface area contributed by atoms with Gasteiger partial charge in [0.25, 0.3) is 0 Å². The zero-order chi connectivity index (χ0) is 23.5. The van der Waals surface area contributed by atoms with Crippen LogP contribution in [0.4, 0.5) is 0 Å². The van der Waals surface area contributed by atoms with Crippen LogP contribution in [0.15, 0.2) is 53.4 Å². The van der Waals surface area contributed by atoms with Crippen LogP contribution >= 0.6 is 0 Å². The summed E-state index contributed by atoms with van der Waals surface area (Å²) in [7, 11) is -3.79.